The molecule has 2 heterocycles. The van der Waals surface area contributed by atoms with Gasteiger partial charge in [-0.15, -0.1) is 11.3 Å². The normalized spacial score (nSPS) is 13.4. The zero-order valence-corrected chi connectivity index (χ0v) is 21.8. The maximum absolute atomic E-state index is 14.4. The van der Waals surface area contributed by atoms with E-state index < -0.39 is 21.7 Å². The monoisotopic (exact) mass is 550 g/mol. The van der Waals surface area contributed by atoms with E-state index in [1.165, 1.54) is 30.0 Å². The van der Waals surface area contributed by atoms with Gasteiger partial charge in [-0.05, 0) is 50.2 Å². The molecule has 1 aliphatic rings. The molecule has 196 valence electrons. The first kappa shape index (κ1) is 26.4. The fourth-order valence-electron chi connectivity index (χ4n) is 3.63. The molecule has 0 saturated heterocycles. The van der Waals surface area contributed by atoms with Crippen molar-refractivity contribution in [3.05, 3.63) is 63.9 Å². The van der Waals surface area contributed by atoms with Crippen LogP contribution in [0.2, 0.25) is 0 Å². The van der Waals surface area contributed by atoms with Gasteiger partial charge < -0.3 is 19.9 Å². The highest BCUT2D eigenvalue weighted by Crippen LogP contribution is 2.44. The van der Waals surface area contributed by atoms with Gasteiger partial charge in [0.15, 0.2) is 17.3 Å². The first-order chi connectivity index (χ1) is 17.5. The summed E-state index contributed by atoms with van der Waals surface area (Å²) >= 11 is 1.03. The molecule has 9 nitrogen and oxygen atoms in total. The fraction of sp³-hybridized carbons (Fsp3) is 0.250. The van der Waals surface area contributed by atoms with E-state index in [-0.39, 0.29) is 41.4 Å². The molecule has 1 aromatic heterocycles. The molecule has 0 spiro atoms. The highest BCUT2D eigenvalue weighted by molar-refractivity contribution is 7.92. The summed E-state index contributed by atoms with van der Waals surface area (Å²) < 4.78 is 60.5. The van der Waals surface area contributed by atoms with Crippen LogP contribution in [0.5, 0.6) is 11.5 Å². The van der Waals surface area contributed by atoms with Crippen molar-refractivity contribution >= 4 is 50.2 Å². The second kappa shape index (κ2) is 10.3. The minimum atomic E-state index is -3.62. The van der Waals surface area contributed by atoms with Gasteiger partial charge in [-0.3, -0.25) is 14.3 Å². The van der Waals surface area contributed by atoms with Crippen molar-refractivity contribution in [2.45, 2.75) is 13.8 Å². The number of carbonyl (C=O) groups is 2. The van der Waals surface area contributed by atoms with Gasteiger partial charge in [0, 0.05) is 19.7 Å². The van der Waals surface area contributed by atoms with Crippen LogP contribution in [-0.4, -0.2) is 51.1 Å². The van der Waals surface area contributed by atoms with Crippen LogP contribution in [0.4, 0.5) is 25.8 Å². The number of rotatable bonds is 8. The molecule has 0 radical (unpaired) electrons. The third kappa shape index (κ3) is 5.52. The van der Waals surface area contributed by atoms with Crippen molar-refractivity contribution in [1.82, 2.24) is 10.2 Å². The van der Waals surface area contributed by atoms with Crippen LogP contribution in [0.3, 0.4) is 0 Å². The van der Waals surface area contributed by atoms with E-state index in [1.54, 1.807) is 24.9 Å². The van der Waals surface area contributed by atoms with Gasteiger partial charge in [0.1, 0.15) is 10.7 Å². The number of thiophene rings is 1. The van der Waals surface area contributed by atoms with Gasteiger partial charge in [-0.25, -0.2) is 17.2 Å². The molecule has 37 heavy (non-hydrogen) atoms. The molecule has 0 saturated carbocycles. The smallest absolute Gasteiger partial charge is 0.267 e. The predicted octanol–water partition coefficient (Wildman–Crippen LogP) is 4.51. The minimum Gasteiger partial charge on any atom is -0.452 e. The molecule has 0 atom stereocenters. The maximum Gasteiger partial charge on any atom is 0.267 e. The quantitative estimate of drug-likeness (QED) is 0.427. The molecular formula is C24H24F2N4O5S2. The molecule has 1 aliphatic heterocycles. The SMILES string of the molecule is CCNC(=O)c1cc2c(s1)C(=O)N(C)CN2c1cc(NS(=O)(=O)CC)ccc1Oc1ccc(F)cc1F. The number of hydrogen-bond acceptors (Lipinski definition) is 7. The van der Waals surface area contributed by atoms with Gasteiger partial charge in [0.25, 0.3) is 11.8 Å². The average molecular weight is 551 g/mol. The van der Waals surface area contributed by atoms with Crippen molar-refractivity contribution in [3.8, 4) is 11.5 Å². The number of nitrogens with one attached hydrogen (secondary N) is 2. The molecule has 0 unspecified atom stereocenters. The fourth-order valence-corrected chi connectivity index (χ4v) is 5.34. The number of carbonyl (C=O) groups excluding carboxylic acids is 2. The molecule has 2 N–H and O–H groups in total. The number of ether oxygens (including phenoxy) is 1. The van der Waals surface area contributed by atoms with E-state index in [0.717, 1.165) is 23.5 Å². The third-order valence-electron chi connectivity index (χ3n) is 5.48. The molecule has 0 aliphatic carbocycles. The molecule has 13 heteroatoms. The summed E-state index contributed by atoms with van der Waals surface area (Å²) in [6.45, 7) is 3.70. The second-order valence-electron chi connectivity index (χ2n) is 8.12. The molecule has 4 rings (SSSR count). The number of benzene rings is 2. The van der Waals surface area contributed by atoms with Crippen molar-refractivity contribution in [2.24, 2.45) is 0 Å². The number of sulfonamides is 1. The lowest BCUT2D eigenvalue weighted by Gasteiger charge is -2.35. The van der Waals surface area contributed by atoms with Crippen LogP contribution in [0.15, 0.2) is 42.5 Å². The molecule has 2 aromatic carbocycles. The summed E-state index contributed by atoms with van der Waals surface area (Å²) in [5.41, 5.74) is 0.916. The van der Waals surface area contributed by atoms with Crippen molar-refractivity contribution < 1.29 is 31.5 Å². The number of halogens is 2. The van der Waals surface area contributed by atoms with E-state index >= 15 is 0 Å². The summed E-state index contributed by atoms with van der Waals surface area (Å²) in [5.74, 6) is -2.63. The molecule has 2 amide bonds. The highest BCUT2D eigenvalue weighted by Gasteiger charge is 2.33. The van der Waals surface area contributed by atoms with Crippen molar-refractivity contribution in [2.75, 3.05) is 35.6 Å². The Morgan fingerprint density at radius 2 is 1.81 bits per heavy atom. The molecular weight excluding hydrogens is 526 g/mol. The molecule has 0 bridgehead atoms. The summed E-state index contributed by atoms with van der Waals surface area (Å²) in [4.78, 5) is 29.1. The Morgan fingerprint density at radius 3 is 2.49 bits per heavy atom. The predicted molar refractivity (Wildman–Crippen MR) is 137 cm³/mol. The number of nitrogens with zero attached hydrogens (tertiary/aromatic N) is 2. The summed E-state index contributed by atoms with van der Waals surface area (Å²) in [6.07, 6.45) is 0. The van der Waals surface area contributed by atoms with Crippen molar-refractivity contribution in [3.63, 3.8) is 0 Å². The number of amides is 2. The average Bonchev–Trinajstić information content (AvgIpc) is 3.30. The Balaban J connectivity index is 1.85. The lowest BCUT2D eigenvalue weighted by molar-refractivity contribution is 0.0792. The zero-order chi connectivity index (χ0) is 26.9. The van der Waals surface area contributed by atoms with Crippen LogP contribution in [0.1, 0.15) is 33.2 Å². The van der Waals surface area contributed by atoms with E-state index in [9.17, 15) is 26.8 Å². The number of hydrogen-bond donors (Lipinski definition) is 2. The minimum absolute atomic E-state index is 0.0314. The summed E-state index contributed by atoms with van der Waals surface area (Å²) in [5, 5.41) is 2.70. The van der Waals surface area contributed by atoms with Gasteiger partial charge in [-0.1, -0.05) is 0 Å². The van der Waals surface area contributed by atoms with Crippen molar-refractivity contribution in [1.29, 1.82) is 0 Å². The topological polar surface area (TPSA) is 108 Å². The first-order valence-electron chi connectivity index (χ1n) is 11.3. The zero-order valence-electron chi connectivity index (χ0n) is 20.2. The van der Waals surface area contributed by atoms with E-state index in [0.29, 0.717) is 33.7 Å². The number of fused-ring (bicyclic) bond motifs is 1. The number of anilines is 3. The maximum atomic E-state index is 14.4. The van der Waals surface area contributed by atoms with E-state index in [1.807, 2.05) is 0 Å². The highest BCUT2D eigenvalue weighted by atomic mass is 32.2. The van der Waals surface area contributed by atoms with E-state index in [2.05, 4.69) is 10.0 Å². The third-order valence-corrected chi connectivity index (χ3v) is 7.89. The van der Waals surface area contributed by atoms with Crippen LogP contribution in [0, 0.1) is 11.6 Å². The van der Waals surface area contributed by atoms with Crippen LogP contribution < -0.4 is 19.7 Å². The van der Waals surface area contributed by atoms with Crippen LogP contribution in [-0.2, 0) is 10.0 Å². The Kier molecular flexibility index (Phi) is 7.37. The summed E-state index contributed by atoms with van der Waals surface area (Å²) in [6, 6.07) is 8.81. The molecule has 0 fully saturated rings. The van der Waals surface area contributed by atoms with Gasteiger partial charge in [-0.2, -0.15) is 0 Å². The molecule has 3 aromatic rings. The van der Waals surface area contributed by atoms with Gasteiger partial charge >= 0.3 is 0 Å². The Bertz CT molecular complexity index is 1480. The Morgan fingerprint density at radius 1 is 1.08 bits per heavy atom. The van der Waals surface area contributed by atoms with Gasteiger partial charge in [0.2, 0.25) is 10.0 Å². The standard InChI is InChI=1S/C24H24F2N4O5S2/c1-4-27-23(31)21-12-18-22(36-21)24(32)29(3)13-30(18)17-11-15(28-37(33,34)5-2)7-9-20(17)35-19-8-6-14(25)10-16(19)26/h6-12,28H,4-5,13H2,1-3H3,(H,27,31). The Hall–Kier alpha value is -3.71. The largest absolute Gasteiger partial charge is 0.452 e. The second-order valence-corrected chi connectivity index (χ2v) is 11.2. The first-order valence-corrected chi connectivity index (χ1v) is 13.7. The Labute approximate surface area is 216 Å². The lowest BCUT2D eigenvalue weighted by atomic mass is 10.2. The van der Waals surface area contributed by atoms with E-state index in [4.69, 9.17) is 4.74 Å². The van der Waals surface area contributed by atoms with Gasteiger partial charge in [0.05, 0.1) is 34.4 Å². The summed E-state index contributed by atoms with van der Waals surface area (Å²) in [7, 11) is -2.05. The lowest BCUT2D eigenvalue weighted by Crippen LogP contribution is -2.41. The van der Waals surface area contributed by atoms with Crippen LogP contribution >= 0.6 is 11.3 Å². The van der Waals surface area contributed by atoms with Crippen LogP contribution in [0.25, 0.3) is 0 Å².